The molecule has 2 fully saturated rings. The highest BCUT2D eigenvalue weighted by Gasteiger charge is 2.44. The molecule has 0 saturated carbocycles. The number of carbonyl (C=O) groups excluding carboxylic acids is 1. The molecule has 1 unspecified atom stereocenters. The largest absolute Gasteiger partial charge is 0.493 e. The van der Waals surface area contributed by atoms with Crippen molar-refractivity contribution >= 4 is 32.5 Å². The molecular weight excluding hydrogens is 508 g/mol. The maximum atomic E-state index is 11.9. The van der Waals surface area contributed by atoms with Gasteiger partial charge < -0.3 is 24.1 Å². The van der Waals surface area contributed by atoms with Crippen LogP contribution in [0.25, 0.3) is 22.2 Å². The summed E-state index contributed by atoms with van der Waals surface area (Å²) < 4.78 is 44.3. The molecule has 0 bridgehead atoms. The van der Waals surface area contributed by atoms with Crippen molar-refractivity contribution in [3.63, 3.8) is 0 Å². The van der Waals surface area contributed by atoms with Gasteiger partial charge in [-0.25, -0.2) is 18.4 Å². The number of hydrogen-bond acceptors (Lipinski definition) is 8. The van der Waals surface area contributed by atoms with Gasteiger partial charge in [-0.2, -0.15) is 0 Å². The van der Waals surface area contributed by atoms with Crippen LogP contribution in [0.3, 0.4) is 0 Å². The summed E-state index contributed by atoms with van der Waals surface area (Å²) >= 11 is 0. The van der Waals surface area contributed by atoms with E-state index in [1.54, 1.807) is 6.20 Å². The van der Waals surface area contributed by atoms with Crippen LogP contribution < -0.4 is 10.1 Å². The number of anilines is 1. The Hall–Kier alpha value is -3.02. The topological polar surface area (TPSA) is 122 Å². The van der Waals surface area contributed by atoms with Gasteiger partial charge in [0, 0.05) is 62.2 Å². The molecule has 3 aromatic heterocycles. The second kappa shape index (κ2) is 9.62. The molecule has 6 heterocycles. The zero-order valence-corrected chi connectivity index (χ0v) is 22.5. The first-order chi connectivity index (χ1) is 18.2. The van der Waals surface area contributed by atoms with Gasteiger partial charge in [-0.1, -0.05) is 0 Å². The quantitative estimate of drug-likeness (QED) is 0.524. The van der Waals surface area contributed by atoms with E-state index in [4.69, 9.17) is 19.2 Å². The molecule has 0 aromatic carbocycles. The normalized spacial score (nSPS) is 23.0. The molecular formula is C27H32N4O6S. The molecule has 38 heavy (non-hydrogen) atoms. The molecule has 10 nitrogen and oxygen atoms in total. The number of rotatable bonds is 5. The highest BCUT2D eigenvalue weighted by atomic mass is 32.2. The van der Waals surface area contributed by atoms with Crippen molar-refractivity contribution in [1.82, 2.24) is 14.5 Å². The zero-order valence-electron chi connectivity index (χ0n) is 21.7. The highest BCUT2D eigenvalue weighted by Crippen LogP contribution is 2.44. The van der Waals surface area contributed by atoms with E-state index >= 15 is 0 Å². The number of pyridine rings is 2. The fourth-order valence-electron chi connectivity index (χ4n) is 5.74. The Morgan fingerprint density at radius 3 is 2.82 bits per heavy atom. The molecule has 2 saturated heterocycles. The summed E-state index contributed by atoms with van der Waals surface area (Å²) in [5, 5.41) is 3.68. The lowest BCUT2D eigenvalue weighted by molar-refractivity contribution is -0.114. The molecule has 3 aliphatic heterocycles. The summed E-state index contributed by atoms with van der Waals surface area (Å²) in [4.78, 5) is 21.2. The first-order valence-electron chi connectivity index (χ1n) is 13.1. The Morgan fingerprint density at radius 1 is 1.26 bits per heavy atom. The fraction of sp³-hybridized carbons (Fsp3) is 0.519. The number of hydrogen-bond donors (Lipinski definition) is 1. The third-order valence-electron chi connectivity index (χ3n) is 7.84. The fourth-order valence-corrected chi connectivity index (χ4v) is 7.33. The van der Waals surface area contributed by atoms with Crippen molar-refractivity contribution in [1.29, 1.82) is 0 Å². The van der Waals surface area contributed by atoms with Crippen molar-refractivity contribution in [2.75, 3.05) is 43.3 Å². The van der Waals surface area contributed by atoms with Crippen LogP contribution in [0, 0.1) is 5.92 Å². The molecule has 3 aromatic rings. The van der Waals surface area contributed by atoms with E-state index in [0.717, 1.165) is 45.6 Å². The van der Waals surface area contributed by atoms with E-state index in [1.165, 1.54) is 6.92 Å². The number of ether oxygens (including phenoxy) is 3. The van der Waals surface area contributed by atoms with Crippen LogP contribution in [0.2, 0.25) is 0 Å². The number of nitrogens with one attached hydrogen (secondary N) is 1. The Bertz CT molecular complexity index is 1500. The Kier molecular flexibility index (Phi) is 6.40. The number of nitrogens with zero attached hydrogens (tertiary/aromatic N) is 3. The van der Waals surface area contributed by atoms with Crippen LogP contribution in [0.1, 0.15) is 37.4 Å². The van der Waals surface area contributed by atoms with Gasteiger partial charge in [0.2, 0.25) is 5.91 Å². The third-order valence-corrected chi connectivity index (χ3v) is 9.55. The number of aryl methyl sites for hydroxylation is 1. The van der Waals surface area contributed by atoms with Crippen molar-refractivity contribution < 1.29 is 27.4 Å². The molecule has 1 amide bonds. The predicted molar refractivity (Wildman–Crippen MR) is 142 cm³/mol. The van der Waals surface area contributed by atoms with E-state index in [0.29, 0.717) is 51.5 Å². The number of carbonyl (C=O) groups is 1. The lowest BCUT2D eigenvalue weighted by atomic mass is 9.89. The first-order valence-corrected chi connectivity index (χ1v) is 14.9. The number of aromatic nitrogens is 3. The van der Waals surface area contributed by atoms with Crippen LogP contribution >= 0.6 is 0 Å². The van der Waals surface area contributed by atoms with Crippen LogP contribution in [-0.4, -0.2) is 66.8 Å². The van der Waals surface area contributed by atoms with Crippen LogP contribution in [0.4, 0.5) is 5.82 Å². The summed E-state index contributed by atoms with van der Waals surface area (Å²) in [6.45, 7) is 3.54. The number of sulfone groups is 1. The smallest absolute Gasteiger partial charge is 0.222 e. The SMILES string of the molecule is CC(=O)Nc1cc2c(-c3cc(OCC4CCS(=O)(=O)CC4)c4c(n3)C3(CCOC3)OCC4)cn(C)c2cn1. The van der Waals surface area contributed by atoms with Gasteiger partial charge in [-0.15, -0.1) is 0 Å². The number of fused-ring (bicyclic) bond motifs is 3. The summed E-state index contributed by atoms with van der Waals surface area (Å²) in [5.41, 5.74) is 3.84. The Morgan fingerprint density at radius 2 is 2.08 bits per heavy atom. The molecule has 0 aliphatic carbocycles. The van der Waals surface area contributed by atoms with Crippen molar-refractivity contribution in [2.24, 2.45) is 13.0 Å². The minimum Gasteiger partial charge on any atom is -0.493 e. The zero-order chi connectivity index (χ0) is 26.5. The van der Waals surface area contributed by atoms with E-state index in [2.05, 4.69) is 10.3 Å². The van der Waals surface area contributed by atoms with Crippen molar-refractivity contribution in [3.05, 3.63) is 35.8 Å². The lowest BCUT2D eigenvalue weighted by Crippen LogP contribution is -2.37. The minimum atomic E-state index is -2.93. The standard InChI is InChI=1S/C27H32N4O6S/c1-17(32)29-25-11-20-21(14-31(2)23(20)13-28-25)22-12-24(36-15-18-4-9-38(33,34)10-5-18)19-3-7-37-27(26(19)30-22)6-8-35-16-27/h11-14,18H,3-10,15-16H2,1-2H3,(H,28,29,32). The second-order valence-electron chi connectivity index (χ2n) is 10.6. The maximum Gasteiger partial charge on any atom is 0.222 e. The Balaban J connectivity index is 1.43. The van der Waals surface area contributed by atoms with Gasteiger partial charge in [-0.3, -0.25) is 4.79 Å². The third kappa shape index (κ3) is 4.67. The first kappa shape index (κ1) is 25.3. The molecule has 0 radical (unpaired) electrons. The van der Waals surface area contributed by atoms with Crippen LogP contribution in [-0.2, 0) is 43.2 Å². The summed E-state index contributed by atoms with van der Waals surface area (Å²) in [5.74, 6) is 1.68. The summed E-state index contributed by atoms with van der Waals surface area (Å²) in [6, 6.07) is 3.85. The molecule has 1 atom stereocenters. The van der Waals surface area contributed by atoms with Crippen LogP contribution in [0.15, 0.2) is 24.5 Å². The van der Waals surface area contributed by atoms with Crippen molar-refractivity contribution in [3.8, 4) is 17.0 Å². The molecule has 1 spiro atoms. The van der Waals surface area contributed by atoms with Crippen LogP contribution in [0.5, 0.6) is 5.75 Å². The van der Waals surface area contributed by atoms with Gasteiger partial charge >= 0.3 is 0 Å². The predicted octanol–water partition coefficient (Wildman–Crippen LogP) is 2.99. The van der Waals surface area contributed by atoms with Gasteiger partial charge in [0.1, 0.15) is 27.0 Å². The van der Waals surface area contributed by atoms with E-state index in [1.807, 2.05) is 29.9 Å². The van der Waals surface area contributed by atoms with E-state index in [-0.39, 0.29) is 23.3 Å². The molecule has 11 heteroatoms. The summed E-state index contributed by atoms with van der Waals surface area (Å²) in [7, 11) is -0.978. The molecule has 1 N–H and O–H groups in total. The minimum absolute atomic E-state index is 0.187. The maximum absolute atomic E-state index is 11.9. The summed E-state index contributed by atoms with van der Waals surface area (Å²) in [6.07, 6.45) is 6.40. The highest BCUT2D eigenvalue weighted by molar-refractivity contribution is 7.91. The molecule has 202 valence electrons. The van der Waals surface area contributed by atoms with Gasteiger partial charge in [0.25, 0.3) is 0 Å². The van der Waals surface area contributed by atoms with Gasteiger partial charge in [0.15, 0.2) is 0 Å². The second-order valence-corrected chi connectivity index (χ2v) is 12.9. The van der Waals surface area contributed by atoms with E-state index < -0.39 is 15.4 Å². The van der Waals surface area contributed by atoms with Gasteiger partial charge in [-0.05, 0) is 24.8 Å². The van der Waals surface area contributed by atoms with Gasteiger partial charge in [0.05, 0.1) is 54.4 Å². The number of amides is 1. The van der Waals surface area contributed by atoms with E-state index in [9.17, 15) is 13.2 Å². The van der Waals surface area contributed by atoms with Crippen molar-refractivity contribution in [2.45, 2.75) is 38.2 Å². The molecule has 6 rings (SSSR count). The Labute approximate surface area is 221 Å². The average molecular weight is 541 g/mol. The molecule has 3 aliphatic rings. The monoisotopic (exact) mass is 540 g/mol. The lowest BCUT2D eigenvalue weighted by Gasteiger charge is -2.35. The average Bonchev–Trinajstić information content (AvgIpc) is 3.48.